The fraction of sp³-hybridized carbons (Fsp3) is 0.278. The third-order valence-electron chi connectivity index (χ3n) is 3.29. The van der Waals surface area contributed by atoms with Crippen LogP contribution in [-0.2, 0) is 0 Å². The smallest absolute Gasteiger partial charge is 0.170 e. The van der Waals surface area contributed by atoms with Crippen molar-refractivity contribution in [2.24, 2.45) is 5.10 Å². The molecule has 4 heteroatoms. The molecule has 0 saturated carbocycles. The van der Waals surface area contributed by atoms with Crippen LogP contribution in [0.2, 0.25) is 0 Å². The van der Waals surface area contributed by atoms with Crippen molar-refractivity contribution in [2.45, 2.75) is 26.4 Å². The van der Waals surface area contributed by atoms with Crippen LogP contribution in [0, 0.1) is 0 Å². The van der Waals surface area contributed by atoms with E-state index in [2.05, 4.69) is 17.5 Å². The van der Waals surface area contributed by atoms with Crippen LogP contribution in [0.1, 0.15) is 25.8 Å². The second-order valence-electron chi connectivity index (χ2n) is 4.95. The van der Waals surface area contributed by atoms with Gasteiger partial charge in [-0.3, -0.25) is 5.43 Å². The molecule has 4 nitrogen and oxygen atoms in total. The monoisotopic (exact) mass is 298 g/mol. The molecule has 2 rings (SSSR count). The van der Waals surface area contributed by atoms with Gasteiger partial charge in [0.1, 0.15) is 0 Å². The maximum atomic E-state index is 5.98. The lowest BCUT2D eigenvalue weighted by Crippen LogP contribution is -2.12. The summed E-state index contributed by atoms with van der Waals surface area (Å²) in [6, 6.07) is 15.6. The summed E-state index contributed by atoms with van der Waals surface area (Å²) in [5, 5.41) is 4.27. The Morgan fingerprint density at radius 2 is 1.91 bits per heavy atom. The number of hydrazone groups is 1. The SMILES string of the molecule is CCC(C)Oc1c(C=NNc2ccccc2)cccc1OC. The molecule has 0 aromatic heterocycles. The van der Waals surface area contributed by atoms with Gasteiger partial charge < -0.3 is 9.47 Å². The van der Waals surface area contributed by atoms with Crippen LogP contribution >= 0.6 is 0 Å². The molecule has 2 aromatic carbocycles. The fourth-order valence-electron chi connectivity index (χ4n) is 1.89. The van der Waals surface area contributed by atoms with Crippen molar-refractivity contribution in [1.82, 2.24) is 0 Å². The topological polar surface area (TPSA) is 42.8 Å². The third-order valence-corrected chi connectivity index (χ3v) is 3.29. The number of hydrogen-bond acceptors (Lipinski definition) is 4. The summed E-state index contributed by atoms with van der Waals surface area (Å²) in [7, 11) is 1.64. The molecule has 2 aromatic rings. The number of anilines is 1. The standard InChI is InChI=1S/C18H22N2O2/c1-4-14(2)22-18-15(9-8-12-17(18)21-3)13-19-20-16-10-6-5-7-11-16/h5-14,20H,4H2,1-3H3. The van der Waals surface area contributed by atoms with Gasteiger partial charge in [-0.15, -0.1) is 0 Å². The van der Waals surface area contributed by atoms with Gasteiger partial charge in [-0.1, -0.05) is 31.2 Å². The highest BCUT2D eigenvalue weighted by Crippen LogP contribution is 2.31. The van der Waals surface area contributed by atoms with Crippen LogP contribution in [0.15, 0.2) is 53.6 Å². The minimum Gasteiger partial charge on any atom is -0.493 e. The summed E-state index contributed by atoms with van der Waals surface area (Å²) < 4.78 is 11.4. The number of methoxy groups -OCH3 is 1. The molecule has 0 heterocycles. The van der Waals surface area contributed by atoms with Crippen molar-refractivity contribution in [3.63, 3.8) is 0 Å². The molecule has 0 fully saturated rings. The van der Waals surface area contributed by atoms with Crippen molar-refractivity contribution in [3.8, 4) is 11.5 Å². The van der Waals surface area contributed by atoms with Crippen molar-refractivity contribution < 1.29 is 9.47 Å². The first kappa shape index (κ1) is 15.9. The van der Waals surface area contributed by atoms with Crippen LogP contribution in [0.3, 0.4) is 0 Å². The predicted octanol–water partition coefficient (Wildman–Crippen LogP) is 4.32. The van der Waals surface area contributed by atoms with E-state index in [1.54, 1.807) is 13.3 Å². The zero-order chi connectivity index (χ0) is 15.8. The first-order chi connectivity index (χ1) is 10.7. The van der Waals surface area contributed by atoms with E-state index in [1.165, 1.54) is 0 Å². The molecule has 0 saturated heterocycles. The van der Waals surface area contributed by atoms with Gasteiger partial charge in [0.15, 0.2) is 11.5 Å². The van der Waals surface area contributed by atoms with Crippen molar-refractivity contribution in [3.05, 3.63) is 54.1 Å². The van der Waals surface area contributed by atoms with Crippen LogP contribution in [-0.4, -0.2) is 19.4 Å². The largest absolute Gasteiger partial charge is 0.493 e. The zero-order valence-corrected chi connectivity index (χ0v) is 13.2. The second kappa shape index (κ2) is 8.08. The number of rotatable bonds is 7. The minimum absolute atomic E-state index is 0.116. The molecular weight excluding hydrogens is 276 g/mol. The van der Waals surface area contributed by atoms with E-state index < -0.39 is 0 Å². The van der Waals surface area contributed by atoms with E-state index >= 15 is 0 Å². The highest BCUT2D eigenvalue weighted by Gasteiger charge is 2.12. The average molecular weight is 298 g/mol. The van der Waals surface area contributed by atoms with Crippen molar-refractivity contribution in [2.75, 3.05) is 12.5 Å². The highest BCUT2D eigenvalue weighted by atomic mass is 16.5. The predicted molar refractivity (Wildman–Crippen MR) is 91.0 cm³/mol. The number of benzene rings is 2. The first-order valence-electron chi connectivity index (χ1n) is 7.42. The Labute approximate surface area is 131 Å². The van der Waals surface area contributed by atoms with Crippen LogP contribution in [0.25, 0.3) is 0 Å². The minimum atomic E-state index is 0.116. The van der Waals surface area contributed by atoms with E-state index in [9.17, 15) is 0 Å². The van der Waals surface area contributed by atoms with E-state index in [0.717, 1.165) is 23.4 Å². The van der Waals surface area contributed by atoms with Crippen LogP contribution in [0.4, 0.5) is 5.69 Å². The molecule has 0 bridgehead atoms. The van der Waals surface area contributed by atoms with E-state index in [-0.39, 0.29) is 6.10 Å². The number of hydrogen-bond donors (Lipinski definition) is 1. The Morgan fingerprint density at radius 3 is 2.59 bits per heavy atom. The third kappa shape index (κ3) is 4.25. The summed E-state index contributed by atoms with van der Waals surface area (Å²) in [5.74, 6) is 1.43. The van der Waals surface area contributed by atoms with Gasteiger partial charge in [-0.05, 0) is 37.6 Å². The quantitative estimate of drug-likeness (QED) is 0.611. The molecular formula is C18H22N2O2. The Hall–Kier alpha value is -2.49. The molecule has 0 aliphatic heterocycles. The van der Waals surface area contributed by atoms with Crippen LogP contribution in [0.5, 0.6) is 11.5 Å². The molecule has 0 aliphatic carbocycles. The number of para-hydroxylation sites is 2. The van der Waals surface area contributed by atoms with Gasteiger partial charge in [-0.25, -0.2) is 0 Å². The van der Waals surface area contributed by atoms with Crippen molar-refractivity contribution >= 4 is 11.9 Å². The molecule has 116 valence electrons. The van der Waals surface area contributed by atoms with E-state index in [4.69, 9.17) is 9.47 Å². The number of ether oxygens (including phenoxy) is 2. The lowest BCUT2D eigenvalue weighted by molar-refractivity contribution is 0.207. The van der Waals surface area contributed by atoms with Gasteiger partial charge in [0.25, 0.3) is 0 Å². The fourth-order valence-corrected chi connectivity index (χ4v) is 1.89. The van der Waals surface area contributed by atoms with Crippen molar-refractivity contribution in [1.29, 1.82) is 0 Å². The molecule has 0 aliphatic rings. The maximum absolute atomic E-state index is 5.98. The summed E-state index contributed by atoms with van der Waals surface area (Å²) >= 11 is 0. The molecule has 1 N–H and O–H groups in total. The van der Waals surface area contributed by atoms with Gasteiger partial charge in [0, 0.05) is 5.56 Å². The van der Waals surface area contributed by atoms with E-state index in [0.29, 0.717) is 5.75 Å². The summed E-state index contributed by atoms with van der Waals surface area (Å²) in [5.41, 5.74) is 4.81. The normalized spacial score (nSPS) is 12.1. The molecule has 0 amide bonds. The van der Waals surface area contributed by atoms with Gasteiger partial charge in [0.05, 0.1) is 25.1 Å². The first-order valence-corrected chi connectivity index (χ1v) is 7.42. The average Bonchev–Trinajstić information content (AvgIpc) is 2.57. The van der Waals surface area contributed by atoms with E-state index in [1.807, 2.05) is 55.5 Å². The maximum Gasteiger partial charge on any atom is 0.170 e. The molecule has 1 atom stereocenters. The Kier molecular flexibility index (Phi) is 5.83. The Morgan fingerprint density at radius 1 is 1.14 bits per heavy atom. The second-order valence-corrected chi connectivity index (χ2v) is 4.95. The lowest BCUT2D eigenvalue weighted by Gasteiger charge is -2.17. The number of nitrogens with zero attached hydrogens (tertiary/aromatic N) is 1. The van der Waals surface area contributed by atoms with Gasteiger partial charge >= 0.3 is 0 Å². The summed E-state index contributed by atoms with van der Waals surface area (Å²) in [6.07, 6.45) is 2.79. The van der Waals surface area contributed by atoms with Gasteiger partial charge in [0.2, 0.25) is 0 Å². The highest BCUT2D eigenvalue weighted by molar-refractivity contribution is 5.85. The summed E-state index contributed by atoms with van der Waals surface area (Å²) in [4.78, 5) is 0. The summed E-state index contributed by atoms with van der Waals surface area (Å²) in [6.45, 7) is 4.13. The number of nitrogens with one attached hydrogen (secondary N) is 1. The zero-order valence-electron chi connectivity index (χ0n) is 13.2. The van der Waals surface area contributed by atoms with Crippen LogP contribution < -0.4 is 14.9 Å². The molecule has 0 radical (unpaired) electrons. The van der Waals surface area contributed by atoms with Gasteiger partial charge in [-0.2, -0.15) is 5.10 Å². The molecule has 0 spiro atoms. The Balaban J connectivity index is 2.18. The molecule has 22 heavy (non-hydrogen) atoms. The molecule has 1 unspecified atom stereocenters. The lowest BCUT2D eigenvalue weighted by atomic mass is 10.2. The Bertz CT molecular complexity index is 612.